The number of sulfonamides is 1. The number of hydrogen-bond donors (Lipinski definition) is 0. The average molecular weight is 259 g/mol. The van der Waals surface area contributed by atoms with Gasteiger partial charge in [0.05, 0.1) is 0 Å². The van der Waals surface area contributed by atoms with E-state index >= 15 is 0 Å². The van der Waals surface area contributed by atoms with E-state index in [0.29, 0.717) is 19.4 Å². The topological polar surface area (TPSA) is 67.6 Å². The molecule has 0 saturated carbocycles. The molecule has 1 aromatic heterocycles. The zero-order valence-corrected chi connectivity index (χ0v) is 11.0. The van der Waals surface area contributed by atoms with Gasteiger partial charge in [-0.3, -0.25) is 4.79 Å². The molecule has 0 saturated heterocycles. The molecule has 0 bridgehead atoms. The Bertz CT molecular complexity index is 475. The van der Waals surface area contributed by atoms with E-state index in [2.05, 4.69) is 0 Å². The second-order valence-corrected chi connectivity index (χ2v) is 5.99. The van der Waals surface area contributed by atoms with Gasteiger partial charge in [-0.1, -0.05) is 20.8 Å². The summed E-state index contributed by atoms with van der Waals surface area (Å²) in [6.07, 6.45) is 0.484. The first-order valence-electron chi connectivity index (χ1n) is 5.47. The van der Waals surface area contributed by atoms with Gasteiger partial charge in [0.1, 0.15) is 0 Å². The maximum absolute atomic E-state index is 12.1. The summed E-state index contributed by atoms with van der Waals surface area (Å²) >= 11 is 0. The smallest absolute Gasteiger partial charge is 0.276 e. The molecule has 0 amide bonds. The number of carbonyl (C=O) groups excluding carboxylic acids is 1. The molecule has 96 valence electrons. The van der Waals surface area contributed by atoms with Gasteiger partial charge in [-0.05, 0) is 18.1 Å². The normalized spacial score (nSPS) is 12.3. The van der Waals surface area contributed by atoms with Gasteiger partial charge in [0.2, 0.25) is 5.09 Å². The van der Waals surface area contributed by atoms with E-state index in [0.717, 1.165) is 0 Å². The molecule has 0 aromatic carbocycles. The predicted octanol–water partition coefficient (Wildman–Crippen LogP) is 1.76. The van der Waals surface area contributed by atoms with Crippen molar-refractivity contribution in [3.05, 3.63) is 17.9 Å². The van der Waals surface area contributed by atoms with E-state index in [1.807, 2.05) is 13.8 Å². The summed E-state index contributed by atoms with van der Waals surface area (Å²) in [4.78, 5) is 10.5. The molecule has 0 atom stereocenters. The number of carbonyl (C=O) groups is 1. The van der Waals surface area contributed by atoms with Gasteiger partial charge in [0.15, 0.2) is 12.0 Å². The number of furan rings is 1. The first-order chi connectivity index (χ1) is 7.91. The first kappa shape index (κ1) is 13.9. The molecule has 0 N–H and O–H groups in total. The Morgan fingerprint density at radius 1 is 1.41 bits per heavy atom. The molecule has 0 aliphatic rings. The van der Waals surface area contributed by atoms with Crippen LogP contribution in [0.5, 0.6) is 0 Å². The SMILES string of the molecule is CCN(CC(C)C)S(=O)(=O)c1ccc(C=O)o1. The van der Waals surface area contributed by atoms with Crippen molar-refractivity contribution in [2.45, 2.75) is 25.9 Å². The lowest BCUT2D eigenvalue weighted by Gasteiger charge is -2.20. The van der Waals surface area contributed by atoms with Gasteiger partial charge in [0.25, 0.3) is 10.0 Å². The van der Waals surface area contributed by atoms with Gasteiger partial charge < -0.3 is 4.42 Å². The Balaban J connectivity index is 3.03. The molecule has 5 nitrogen and oxygen atoms in total. The standard InChI is InChI=1S/C11H17NO4S/c1-4-12(7-9(2)3)17(14,15)11-6-5-10(8-13)16-11/h5-6,8-9H,4,7H2,1-3H3. The molecule has 17 heavy (non-hydrogen) atoms. The number of aldehydes is 1. The van der Waals surface area contributed by atoms with Gasteiger partial charge >= 0.3 is 0 Å². The molecule has 0 aliphatic carbocycles. The molecule has 0 unspecified atom stereocenters. The minimum atomic E-state index is -3.63. The van der Waals surface area contributed by atoms with Crippen LogP contribution in [0.2, 0.25) is 0 Å². The van der Waals surface area contributed by atoms with Crippen LogP contribution < -0.4 is 0 Å². The first-order valence-corrected chi connectivity index (χ1v) is 6.91. The lowest BCUT2D eigenvalue weighted by Crippen LogP contribution is -2.33. The molecular weight excluding hydrogens is 242 g/mol. The van der Waals surface area contributed by atoms with Crippen LogP contribution in [0.25, 0.3) is 0 Å². The maximum atomic E-state index is 12.1. The monoisotopic (exact) mass is 259 g/mol. The number of nitrogens with zero attached hydrogens (tertiary/aromatic N) is 1. The zero-order valence-electron chi connectivity index (χ0n) is 10.2. The van der Waals surface area contributed by atoms with Crippen LogP contribution in [0, 0.1) is 5.92 Å². The predicted molar refractivity (Wildman–Crippen MR) is 63.4 cm³/mol. The summed E-state index contributed by atoms with van der Waals surface area (Å²) < 4.78 is 30.6. The third-order valence-corrected chi connectivity index (χ3v) is 4.05. The lowest BCUT2D eigenvalue weighted by atomic mass is 10.2. The van der Waals surface area contributed by atoms with E-state index in [1.54, 1.807) is 6.92 Å². The van der Waals surface area contributed by atoms with Crippen molar-refractivity contribution in [3.8, 4) is 0 Å². The van der Waals surface area contributed by atoms with E-state index in [1.165, 1.54) is 16.4 Å². The summed E-state index contributed by atoms with van der Waals surface area (Å²) in [6.45, 7) is 6.45. The van der Waals surface area contributed by atoms with Gasteiger partial charge in [-0.25, -0.2) is 8.42 Å². The van der Waals surface area contributed by atoms with Crippen molar-refractivity contribution in [2.24, 2.45) is 5.92 Å². The van der Waals surface area contributed by atoms with E-state index in [-0.39, 0.29) is 16.8 Å². The fourth-order valence-corrected chi connectivity index (χ4v) is 3.00. The lowest BCUT2D eigenvalue weighted by molar-refractivity contribution is 0.109. The zero-order chi connectivity index (χ0) is 13.1. The van der Waals surface area contributed by atoms with Crippen molar-refractivity contribution in [1.29, 1.82) is 0 Å². The minimum Gasteiger partial charge on any atom is -0.440 e. The highest BCUT2D eigenvalue weighted by Crippen LogP contribution is 2.18. The van der Waals surface area contributed by atoms with Crippen molar-refractivity contribution in [1.82, 2.24) is 4.31 Å². The van der Waals surface area contributed by atoms with Crippen LogP contribution in [0.4, 0.5) is 0 Å². The molecule has 1 rings (SSSR count). The van der Waals surface area contributed by atoms with Crippen molar-refractivity contribution >= 4 is 16.3 Å². The molecule has 0 radical (unpaired) electrons. The molecule has 1 aromatic rings. The molecule has 0 aliphatic heterocycles. The van der Waals surface area contributed by atoms with Gasteiger partial charge in [0, 0.05) is 13.1 Å². The third kappa shape index (κ3) is 3.17. The van der Waals surface area contributed by atoms with Crippen molar-refractivity contribution < 1.29 is 17.6 Å². The van der Waals surface area contributed by atoms with E-state index in [9.17, 15) is 13.2 Å². The van der Waals surface area contributed by atoms with Crippen LogP contribution in [0.15, 0.2) is 21.6 Å². The van der Waals surface area contributed by atoms with Crippen molar-refractivity contribution in [3.63, 3.8) is 0 Å². The number of rotatable bonds is 6. The minimum absolute atomic E-state index is 0.0178. The largest absolute Gasteiger partial charge is 0.440 e. The Labute approximate surface area is 101 Å². The highest BCUT2D eigenvalue weighted by atomic mass is 32.2. The van der Waals surface area contributed by atoms with Crippen LogP contribution in [0.1, 0.15) is 31.3 Å². The summed E-state index contributed by atoms with van der Waals surface area (Å²) in [5.74, 6) is 0.245. The van der Waals surface area contributed by atoms with Crippen LogP contribution in [-0.4, -0.2) is 32.1 Å². The summed E-state index contributed by atoms with van der Waals surface area (Å²) in [5, 5.41) is -0.179. The average Bonchev–Trinajstić information content (AvgIpc) is 2.74. The third-order valence-electron chi connectivity index (χ3n) is 2.23. The highest BCUT2D eigenvalue weighted by Gasteiger charge is 2.26. The summed E-state index contributed by atoms with van der Waals surface area (Å²) in [6, 6.07) is 2.66. The number of hydrogen-bond acceptors (Lipinski definition) is 4. The molecular formula is C11H17NO4S. The molecule has 1 heterocycles. The van der Waals surface area contributed by atoms with Crippen LogP contribution in [0.3, 0.4) is 0 Å². The molecule has 0 fully saturated rings. The Kier molecular flexibility index (Phi) is 4.47. The van der Waals surface area contributed by atoms with Crippen LogP contribution >= 0.6 is 0 Å². The summed E-state index contributed by atoms with van der Waals surface area (Å²) in [5.41, 5.74) is 0. The van der Waals surface area contributed by atoms with E-state index in [4.69, 9.17) is 4.42 Å². The Morgan fingerprint density at radius 3 is 2.47 bits per heavy atom. The highest BCUT2D eigenvalue weighted by molar-refractivity contribution is 7.89. The molecule has 6 heteroatoms. The maximum Gasteiger partial charge on any atom is 0.276 e. The van der Waals surface area contributed by atoms with E-state index < -0.39 is 10.0 Å². The van der Waals surface area contributed by atoms with Gasteiger partial charge in [-0.2, -0.15) is 4.31 Å². The quantitative estimate of drug-likeness (QED) is 0.730. The van der Waals surface area contributed by atoms with Gasteiger partial charge in [-0.15, -0.1) is 0 Å². The van der Waals surface area contributed by atoms with Crippen LogP contribution in [-0.2, 0) is 10.0 Å². The second-order valence-electron chi connectivity index (χ2n) is 4.12. The Hall–Kier alpha value is -1.14. The second kappa shape index (κ2) is 5.46. The summed E-state index contributed by atoms with van der Waals surface area (Å²) in [7, 11) is -3.63. The Morgan fingerprint density at radius 2 is 2.06 bits per heavy atom. The van der Waals surface area contributed by atoms with Crippen molar-refractivity contribution in [2.75, 3.05) is 13.1 Å². The molecule has 0 spiro atoms. The fourth-order valence-electron chi connectivity index (χ4n) is 1.47. The fraction of sp³-hybridized carbons (Fsp3) is 0.545.